The van der Waals surface area contributed by atoms with E-state index in [1.807, 2.05) is 30.3 Å². The second kappa shape index (κ2) is 7.41. The molecule has 0 saturated carbocycles. The Bertz CT molecular complexity index is 649. The highest BCUT2D eigenvalue weighted by Crippen LogP contribution is 2.19. The van der Waals surface area contributed by atoms with Crippen LogP contribution in [-0.4, -0.2) is 22.2 Å². The van der Waals surface area contributed by atoms with Crippen LogP contribution < -0.4 is 0 Å². The third kappa shape index (κ3) is 4.19. The molecule has 0 bridgehead atoms. The molecule has 0 aliphatic heterocycles. The van der Waals surface area contributed by atoms with Gasteiger partial charge in [-0.15, -0.1) is 0 Å². The molecular weight excluding hydrogens is 280 g/mol. The van der Waals surface area contributed by atoms with Crippen LogP contribution in [0.2, 0.25) is 0 Å². The lowest BCUT2D eigenvalue weighted by molar-refractivity contribution is -0.141. The second-order valence-corrected chi connectivity index (χ2v) is 5.23. The van der Waals surface area contributed by atoms with Crippen molar-refractivity contribution in [2.45, 2.75) is 19.3 Å². The lowest BCUT2D eigenvalue weighted by Gasteiger charge is -2.14. The molecule has 2 aromatic rings. The van der Waals surface area contributed by atoms with Crippen molar-refractivity contribution >= 4 is 11.9 Å². The monoisotopic (exact) mass is 298 g/mol. The summed E-state index contributed by atoms with van der Waals surface area (Å²) >= 11 is 0. The van der Waals surface area contributed by atoms with Gasteiger partial charge in [0, 0.05) is 0 Å². The first-order chi connectivity index (χ1) is 10.6. The highest BCUT2D eigenvalue weighted by molar-refractivity contribution is 5.89. The molecule has 114 valence electrons. The van der Waals surface area contributed by atoms with Gasteiger partial charge in [0.05, 0.1) is 11.5 Å². The van der Waals surface area contributed by atoms with E-state index < -0.39 is 17.9 Å². The maximum Gasteiger partial charge on any atom is 0.335 e. The van der Waals surface area contributed by atoms with Gasteiger partial charge in [0.25, 0.3) is 0 Å². The van der Waals surface area contributed by atoms with E-state index in [1.54, 1.807) is 18.2 Å². The largest absolute Gasteiger partial charge is 0.481 e. The molecular formula is C18H18O4. The minimum Gasteiger partial charge on any atom is -0.481 e. The summed E-state index contributed by atoms with van der Waals surface area (Å²) in [5.74, 6) is -2.51. The zero-order chi connectivity index (χ0) is 15.9. The zero-order valence-electron chi connectivity index (χ0n) is 12.1. The summed E-state index contributed by atoms with van der Waals surface area (Å²) < 4.78 is 0. The van der Waals surface area contributed by atoms with Crippen molar-refractivity contribution in [3.8, 4) is 0 Å². The molecule has 2 aromatic carbocycles. The maximum absolute atomic E-state index is 11.5. The minimum absolute atomic E-state index is 0.175. The van der Waals surface area contributed by atoms with Crippen LogP contribution in [0, 0.1) is 5.92 Å². The minimum atomic E-state index is -1.03. The molecule has 0 aromatic heterocycles. The molecule has 0 spiro atoms. The molecule has 0 unspecified atom stereocenters. The van der Waals surface area contributed by atoms with E-state index in [1.165, 1.54) is 6.07 Å². The average Bonchev–Trinajstić information content (AvgIpc) is 2.52. The number of hydrogen-bond donors (Lipinski definition) is 2. The van der Waals surface area contributed by atoms with E-state index in [0.29, 0.717) is 18.4 Å². The third-order valence-electron chi connectivity index (χ3n) is 3.69. The van der Waals surface area contributed by atoms with Crippen LogP contribution in [0.4, 0.5) is 0 Å². The van der Waals surface area contributed by atoms with E-state index in [2.05, 4.69) is 0 Å². The normalized spacial score (nSPS) is 11.8. The Balaban J connectivity index is 2.09. The van der Waals surface area contributed by atoms with Crippen LogP contribution in [0.15, 0.2) is 54.6 Å². The molecule has 2 rings (SSSR count). The first-order valence-corrected chi connectivity index (χ1v) is 7.16. The number of aryl methyl sites for hydroxylation is 1. The molecule has 0 amide bonds. The van der Waals surface area contributed by atoms with E-state index in [9.17, 15) is 19.8 Å². The van der Waals surface area contributed by atoms with Crippen molar-refractivity contribution in [2.75, 3.05) is 0 Å². The molecule has 0 heterocycles. The number of rotatable bonds is 7. The van der Waals surface area contributed by atoms with Gasteiger partial charge >= 0.3 is 11.9 Å². The predicted octanol–water partition coefficient (Wildman–Crippen LogP) is 3.26. The van der Waals surface area contributed by atoms with Crippen molar-refractivity contribution in [3.05, 3.63) is 71.3 Å². The highest BCUT2D eigenvalue weighted by Gasteiger charge is 2.20. The van der Waals surface area contributed by atoms with Gasteiger partial charge in [-0.25, -0.2) is 4.79 Å². The molecule has 22 heavy (non-hydrogen) atoms. The van der Waals surface area contributed by atoms with Gasteiger partial charge in [-0.05, 0) is 36.5 Å². The van der Waals surface area contributed by atoms with Crippen molar-refractivity contribution < 1.29 is 19.8 Å². The molecule has 1 atom stereocenters. The first kappa shape index (κ1) is 15.8. The Hall–Kier alpha value is -2.62. The van der Waals surface area contributed by atoms with E-state index >= 15 is 0 Å². The zero-order valence-corrected chi connectivity index (χ0v) is 12.1. The number of aromatic carboxylic acids is 1. The number of benzene rings is 2. The lowest BCUT2D eigenvalue weighted by atomic mass is 9.91. The molecule has 4 heteroatoms. The maximum atomic E-state index is 11.5. The van der Waals surface area contributed by atoms with Gasteiger partial charge in [0.1, 0.15) is 0 Å². The van der Waals surface area contributed by atoms with Crippen molar-refractivity contribution in [1.82, 2.24) is 0 Å². The summed E-state index contributed by atoms with van der Waals surface area (Å²) in [5, 5.41) is 18.6. The molecule has 0 aliphatic carbocycles. The number of carbonyl (C=O) groups is 2. The Labute approximate surface area is 129 Å². The van der Waals surface area contributed by atoms with Gasteiger partial charge < -0.3 is 10.2 Å². The summed E-state index contributed by atoms with van der Waals surface area (Å²) in [6.07, 6.45) is 1.37. The Morgan fingerprint density at radius 1 is 0.909 bits per heavy atom. The SMILES string of the molecule is O=C(O)c1ccccc1C[C@@H](CCc1ccccc1)C(=O)O. The summed E-state index contributed by atoms with van der Waals surface area (Å²) in [7, 11) is 0. The number of carboxylic acids is 2. The van der Waals surface area contributed by atoms with Gasteiger partial charge in [0.15, 0.2) is 0 Å². The number of carboxylic acid groups (broad SMARTS) is 2. The molecule has 0 aliphatic rings. The molecule has 0 radical (unpaired) electrons. The Kier molecular flexibility index (Phi) is 5.31. The Morgan fingerprint density at radius 3 is 2.18 bits per heavy atom. The summed E-state index contributed by atoms with van der Waals surface area (Å²) in [6.45, 7) is 0. The fourth-order valence-corrected chi connectivity index (χ4v) is 2.47. The molecule has 0 fully saturated rings. The molecule has 2 N–H and O–H groups in total. The fraction of sp³-hybridized carbons (Fsp3) is 0.222. The first-order valence-electron chi connectivity index (χ1n) is 7.16. The van der Waals surface area contributed by atoms with Crippen LogP contribution in [0.1, 0.15) is 27.9 Å². The van der Waals surface area contributed by atoms with E-state index in [-0.39, 0.29) is 12.0 Å². The van der Waals surface area contributed by atoms with Gasteiger partial charge in [0.2, 0.25) is 0 Å². The molecule has 4 nitrogen and oxygen atoms in total. The molecule has 0 saturated heterocycles. The van der Waals surface area contributed by atoms with Crippen LogP contribution >= 0.6 is 0 Å². The number of hydrogen-bond acceptors (Lipinski definition) is 2. The van der Waals surface area contributed by atoms with Crippen molar-refractivity contribution in [2.24, 2.45) is 5.92 Å². The number of aliphatic carboxylic acids is 1. The summed E-state index contributed by atoms with van der Waals surface area (Å²) in [6, 6.07) is 16.3. The van der Waals surface area contributed by atoms with Crippen LogP contribution in [-0.2, 0) is 17.6 Å². The Morgan fingerprint density at radius 2 is 1.55 bits per heavy atom. The standard InChI is InChI=1S/C18H18O4/c19-17(20)15(11-10-13-6-2-1-3-7-13)12-14-8-4-5-9-16(14)18(21)22/h1-9,15H,10-12H2,(H,19,20)(H,21,22)/t15-/m1/s1. The highest BCUT2D eigenvalue weighted by atomic mass is 16.4. The fourth-order valence-electron chi connectivity index (χ4n) is 2.47. The average molecular weight is 298 g/mol. The van der Waals surface area contributed by atoms with Gasteiger partial charge in [-0.1, -0.05) is 48.5 Å². The van der Waals surface area contributed by atoms with Gasteiger partial charge in [-0.2, -0.15) is 0 Å². The summed E-state index contributed by atoms with van der Waals surface area (Å²) in [5.41, 5.74) is 1.82. The lowest BCUT2D eigenvalue weighted by Crippen LogP contribution is -2.19. The smallest absolute Gasteiger partial charge is 0.335 e. The summed E-state index contributed by atoms with van der Waals surface area (Å²) in [4.78, 5) is 22.7. The second-order valence-electron chi connectivity index (χ2n) is 5.23. The van der Waals surface area contributed by atoms with E-state index in [4.69, 9.17) is 0 Å². The van der Waals surface area contributed by atoms with Gasteiger partial charge in [-0.3, -0.25) is 4.79 Å². The predicted molar refractivity (Wildman–Crippen MR) is 83.0 cm³/mol. The quantitative estimate of drug-likeness (QED) is 0.822. The van der Waals surface area contributed by atoms with Crippen LogP contribution in [0.5, 0.6) is 0 Å². The van der Waals surface area contributed by atoms with Crippen molar-refractivity contribution in [3.63, 3.8) is 0 Å². The van der Waals surface area contributed by atoms with Crippen LogP contribution in [0.25, 0.3) is 0 Å². The third-order valence-corrected chi connectivity index (χ3v) is 3.69. The van der Waals surface area contributed by atoms with Crippen molar-refractivity contribution in [1.29, 1.82) is 0 Å². The van der Waals surface area contributed by atoms with Crippen LogP contribution in [0.3, 0.4) is 0 Å². The topological polar surface area (TPSA) is 74.6 Å². The van der Waals surface area contributed by atoms with E-state index in [0.717, 1.165) is 5.56 Å².